The summed E-state index contributed by atoms with van der Waals surface area (Å²) in [6, 6.07) is 2.21. The van der Waals surface area contributed by atoms with Gasteiger partial charge in [-0.05, 0) is 57.4 Å². The zero-order chi connectivity index (χ0) is 13.3. The molecule has 0 amide bonds. The van der Waals surface area contributed by atoms with Crippen LogP contribution in [0.15, 0.2) is 0 Å². The lowest BCUT2D eigenvalue weighted by Crippen LogP contribution is -2.48. The van der Waals surface area contributed by atoms with Crippen molar-refractivity contribution in [2.24, 2.45) is 11.3 Å². The van der Waals surface area contributed by atoms with Gasteiger partial charge in [-0.2, -0.15) is 0 Å². The fourth-order valence-corrected chi connectivity index (χ4v) is 4.20. The van der Waals surface area contributed by atoms with Gasteiger partial charge in [0.25, 0.3) is 0 Å². The van der Waals surface area contributed by atoms with E-state index < -0.39 is 0 Å². The van der Waals surface area contributed by atoms with Gasteiger partial charge < -0.3 is 5.32 Å². The lowest BCUT2D eigenvalue weighted by atomic mass is 9.91. The molecule has 3 atom stereocenters. The molecule has 1 aliphatic heterocycles. The highest BCUT2D eigenvalue weighted by Crippen LogP contribution is 2.43. The molecule has 0 aromatic rings. The van der Waals surface area contributed by atoms with Crippen molar-refractivity contribution in [3.05, 3.63) is 0 Å². The van der Waals surface area contributed by atoms with Crippen LogP contribution in [0.2, 0.25) is 0 Å². The molecule has 0 spiro atoms. The minimum absolute atomic E-state index is 0.542. The molecule has 1 saturated heterocycles. The Morgan fingerprint density at radius 3 is 2.44 bits per heavy atom. The first kappa shape index (κ1) is 14.3. The summed E-state index contributed by atoms with van der Waals surface area (Å²) in [7, 11) is 0. The van der Waals surface area contributed by atoms with Crippen LogP contribution in [0.1, 0.15) is 60.3 Å². The van der Waals surface area contributed by atoms with Crippen molar-refractivity contribution in [3.63, 3.8) is 0 Å². The van der Waals surface area contributed by atoms with Gasteiger partial charge in [0.05, 0.1) is 0 Å². The van der Waals surface area contributed by atoms with E-state index in [9.17, 15) is 0 Å². The highest BCUT2D eigenvalue weighted by molar-refractivity contribution is 4.95. The van der Waals surface area contributed by atoms with Gasteiger partial charge in [-0.25, -0.2) is 0 Å². The Morgan fingerprint density at radius 2 is 2.00 bits per heavy atom. The summed E-state index contributed by atoms with van der Waals surface area (Å²) < 4.78 is 0. The van der Waals surface area contributed by atoms with E-state index in [2.05, 4.69) is 44.8 Å². The van der Waals surface area contributed by atoms with E-state index in [0.717, 1.165) is 18.0 Å². The maximum Gasteiger partial charge on any atom is 0.0195 e. The van der Waals surface area contributed by atoms with Crippen LogP contribution >= 0.6 is 0 Å². The zero-order valence-corrected chi connectivity index (χ0v) is 13.0. The van der Waals surface area contributed by atoms with Gasteiger partial charge in [0, 0.05) is 24.7 Å². The lowest BCUT2D eigenvalue weighted by molar-refractivity contribution is 0.112. The van der Waals surface area contributed by atoms with E-state index in [-0.39, 0.29) is 0 Å². The summed E-state index contributed by atoms with van der Waals surface area (Å²) >= 11 is 0. The largest absolute Gasteiger partial charge is 0.313 e. The third-order valence-electron chi connectivity index (χ3n) is 4.98. The highest BCUT2D eigenvalue weighted by Gasteiger charge is 2.40. The Morgan fingerprint density at radius 1 is 1.28 bits per heavy atom. The molecule has 18 heavy (non-hydrogen) atoms. The number of hydrogen-bond acceptors (Lipinski definition) is 2. The van der Waals surface area contributed by atoms with Crippen LogP contribution in [-0.2, 0) is 0 Å². The van der Waals surface area contributed by atoms with Crippen LogP contribution in [0, 0.1) is 11.3 Å². The zero-order valence-electron chi connectivity index (χ0n) is 13.0. The molecule has 0 bridgehead atoms. The molecule has 0 radical (unpaired) electrons. The number of hydrogen-bond donors (Lipinski definition) is 1. The molecule has 2 aliphatic rings. The molecule has 2 heteroatoms. The second kappa shape index (κ2) is 5.50. The second-order valence-corrected chi connectivity index (χ2v) is 7.70. The first-order valence-electron chi connectivity index (χ1n) is 7.88. The molecule has 0 aromatic carbocycles. The Balaban J connectivity index is 2.00. The number of nitrogens with zero attached hydrogens (tertiary/aromatic N) is 1. The lowest BCUT2D eigenvalue weighted by Gasteiger charge is -2.37. The minimum atomic E-state index is 0.542. The predicted molar refractivity (Wildman–Crippen MR) is 78.8 cm³/mol. The smallest absolute Gasteiger partial charge is 0.0195 e. The highest BCUT2D eigenvalue weighted by atomic mass is 15.2. The topological polar surface area (TPSA) is 15.3 Å². The molecule has 2 fully saturated rings. The van der Waals surface area contributed by atoms with Crippen molar-refractivity contribution in [2.75, 3.05) is 13.1 Å². The van der Waals surface area contributed by atoms with E-state index in [0.29, 0.717) is 11.5 Å². The van der Waals surface area contributed by atoms with Gasteiger partial charge >= 0.3 is 0 Å². The summed E-state index contributed by atoms with van der Waals surface area (Å²) in [5.41, 5.74) is 0.542. The van der Waals surface area contributed by atoms with Crippen molar-refractivity contribution in [3.8, 4) is 0 Å². The van der Waals surface area contributed by atoms with E-state index in [1.165, 1.54) is 38.8 Å². The maximum atomic E-state index is 3.66. The molecule has 106 valence electrons. The molecule has 0 aromatic heterocycles. The van der Waals surface area contributed by atoms with Crippen molar-refractivity contribution >= 4 is 0 Å². The first-order valence-corrected chi connectivity index (χ1v) is 7.88. The van der Waals surface area contributed by atoms with Gasteiger partial charge in [-0.15, -0.1) is 0 Å². The molecular weight excluding hydrogens is 220 g/mol. The van der Waals surface area contributed by atoms with Crippen LogP contribution in [-0.4, -0.2) is 36.1 Å². The van der Waals surface area contributed by atoms with Crippen molar-refractivity contribution in [1.82, 2.24) is 10.2 Å². The first-order chi connectivity index (χ1) is 8.39. The van der Waals surface area contributed by atoms with E-state index in [1.807, 2.05) is 0 Å². The quantitative estimate of drug-likeness (QED) is 0.826. The van der Waals surface area contributed by atoms with Gasteiger partial charge in [0.15, 0.2) is 0 Å². The molecule has 2 nitrogen and oxygen atoms in total. The van der Waals surface area contributed by atoms with Gasteiger partial charge in [0.1, 0.15) is 0 Å². The van der Waals surface area contributed by atoms with Gasteiger partial charge in [-0.3, -0.25) is 4.90 Å². The van der Waals surface area contributed by atoms with E-state index >= 15 is 0 Å². The molecule has 1 saturated carbocycles. The van der Waals surface area contributed by atoms with Crippen LogP contribution in [0.3, 0.4) is 0 Å². The predicted octanol–water partition coefficient (Wildman–Crippen LogP) is 3.27. The summed E-state index contributed by atoms with van der Waals surface area (Å²) in [4.78, 5) is 2.78. The summed E-state index contributed by atoms with van der Waals surface area (Å²) in [6.07, 6.45) is 5.49. The van der Waals surface area contributed by atoms with Gasteiger partial charge in [-0.1, -0.05) is 20.8 Å². The Kier molecular flexibility index (Phi) is 4.38. The number of nitrogens with one attached hydrogen (secondary N) is 1. The summed E-state index contributed by atoms with van der Waals surface area (Å²) in [5, 5.41) is 3.66. The van der Waals surface area contributed by atoms with Crippen LogP contribution in [0.4, 0.5) is 0 Å². The van der Waals surface area contributed by atoms with Crippen LogP contribution in [0.5, 0.6) is 0 Å². The molecular formula is C16H32N2. The fourth-order valence-electron chi connectivity index (χ4n) is 4.20. The van der Waals surface area contributed by atoms with Gasteiger partial charge in [0.2, 0.25) is 0 Å². The average Bonchev–Trinajstić information content (AvgIpc) is 2.82. The summed E-state index contributed by atoms with van der Waals surface area (Å²) in [6.45, 7) is 14.5. The number of rotatable bonds is 4. The molecule has 2 rings (SSSR count). The normalized spacial score (nSPS) is 35.8. The third-order valence-corrected chi connectivity index (χ3v) is 4.98. The average molecular weight is 252 g/mol. The Hall–Kier alpha value is -0.0800. The molecule has 1 N–H and O–H groups in total. The van der Waals surface area contributed by atoms with Crippen molar-refractivity contribution in [1.29, 1.82) is 0 Å². The minimum Gasteiger partial charge on any atom is -0.313 e. The van der Waals surface area contributed by atoms with Crippen LogP contribution in [0.25, 0.3) is 0 Å². The van der Waals surface area contributed by atoms with E-state index in [1.54, 1.807) is 0 Å². The monoisotopic (exact) mass is 252 g/mol. The standard InChI is InChI=1S/C16H32N2/c1-12(2)18(11-14-7-6-8-17-14)15-10-16(4,5)9-13(15)3/h12-15,17H,6-11H2,1-5H3. The Labute approximate surface area is 114 Å². The second-order valence-electron chi connectivity index (χ2n) is 7.70. The van der Waals surface area contributed by atoms with Crippen molar-refractivity contribution in [2.45, 2.75) is 78.4 Å². The van der Waals surface area contributed by atoms with Crippen LogP contribution < -0.4 is 5.32 Å². The molecule has 1 heterocycles. The van der Waals surface area contributed by atoms with Crippen molar-refractivity contribution < 1.29 is 0 Å². The summed E-state index contributed by atoms with van der Waals surface area (Å²) in [5.74, 6) is 0.851. The fraction of sp³-hybridized carbons (Fsp3) is 1.00. The third kappa shape index (κ3) is 3.27. The SMILES string of the molecule is CC1CC(C)(C)CC1N(CC1CCCN1)C(C)C. The molecule has 3 unspecified atom stereocenters. The maximum absolute atomic E-state index is 3.66. The molecule has 1 aliphatic carbocycles. The Bertz CT molecular complexity index is 266. The van der Waals surface area contributed by atoms with E-state index in [4.69, 9.17) is 0 Å².